The van der Waals surface area contributed by atoms with E-state index in [1.165, 1.54) is 11.3 Å². The van der Waals surface area contributed by atoms with Crippen LogP contribution >= 0.6 is 11.3 Å². The van der Waals surface area contributed by atoms with E-state index in [0.717, 1.165) is 22.2 Å². The summed E-state index contributed by atoms with van der Waals surface area (Å²) in [6.07, 6.45) is -0.0135. The fourth-order valence-electron chi connectivity index (χ4n) is 2.81. The molecular formula is C18H15F2NO4S2. The van der Waals surface area contributed by atoms with Crippen molar-refractivity contribution in [2.75, 3.05) is 5.75 Å². The molecule has 1 aromatic heterocycles. The summed E-state index contributed by atoms with van der Waals surface area (Å²) in [7, 11) is -3.83. The highest BCUT2D eigenvalue weighted by atomic mass is 32.2. The van der Waals surface area contributed by atoms with Gasteiger partial charge in [-0.3, -0.25) is 10.0 Å². The van der Waals surface area contributed by atoms with Crippen LogP contribution in [0.5, 0.6) is 0 Å². The summed E-state index contributed by atoms with van der Waals surface area (Å²) < 4.78 is 53.4. The van der Waals surface area contributed by atoms with E-state index in [-0.39, 0.29) is 22.8 Å². The molecule has 0 bridgehead atoms. The van der Waals surface area contributed by atoms with Crippen LogP contribution in [0.4, 0.5) is 8.78 Å². The van der Waals surface area contributed by atoms with E-state index in [2.05, 4.69) is 0 Å². The second-order valence-corrected chi connectivity index (χ2v) is 9.07. The SMILES string of the molecule is O=CN(O)C(CS(=O)(=O)Cc1ccc2sccc2c1)c1ccc(F)cc1F. The van der Waals surface area contributed by atoms with Crippen LogP contribution in [-0.4, -0.2) is 30.9 Å². The number of fused-ring (bicyclic) bond motifs is 1. The number of thiophene rings is 1. The molecule has 1 unspecified atom stereocenters. The lowest BCUT2D eigenvalue weighted by molar-refractivity contribution is -0.159. The van der Waals surface area contributed by atoms with Crippen LogP contribution < -0.4 is 0 Å². The van der Waals surface area contributed by atoms with E-state index in [0.29, 0.717) is 11.6 Å². The van der Waals surface area contributed by atoms with Crippen molar-refractivity contribution in [2.24, 2.45) is 0 Å². The number of carbonyl (C=O) groups excluding carboxylic acids is 1. The van der Waals surface area contributed by atoms with Crippen molar-refractivity contribution in [1.29, 1.82) is 0 Å². The molecule has 1 N–H and O–H groups in total. The van der Waals surface area contributed by atoms with Crippen LogP contribution in [0.25, 0.3) is 10.1 Å². The average Bonchev–Trinajstić information content (AvgIpc) is 3.07. The highest BCUT2D eigenvalue weighted by molar-refractivity contribution is 7.90. The summed E-state index contributed by atoms with van der Waals surface area (Å²) in [5.74, 6) is -2.95. The van der Waals surface area contributed by atoms with Gasteiger partial charge in [0.05, 0.1) is 11.5 Å². The van der Waals surface area contributed by atoms with Gasteiger partial charge in [0.1, 0.15) is 17.7 Å². The zero-order valence-electron chi connectivity index (χ0n) is 13.9. The number of benzene rings is 2. The Bertz CT molecular complexity index is 1080. The topological polar surface area (TPSA) is 74.7 Å². The minimum atomic E-state index is -3.83. The quantitative estimate of drug-likeness (QED) is 0.366. The predicted octanol–water partition coefficient (Wildman–Crippen LogP) is 3.68. The summed E-state index contributed by atoms with van der Waals surface area (Å²) >= 11 is 1.53. The fourth-order valence-corrected chi connectivity index (χ4v) is 5.20. The Morgan fingerprint density at radius 3 is 2.63 bits per heavy atom. The van der Waals surface area contributed by atoms with E-state index in [1.54, 1.807) is 12.1 Å². The van der Waals surface area contributed by atoms with Crippen molar-refractivity contribution in [3.05, 3.63) is 70.6 Å². The van der Waals surface area contributed by atoms with Gasteiger partial charge in [-0.1, -0.05) is 12.1 Å². The maximum Gasteiger partial charge on any atom is 0.233 e. The number of hydrogen-bond donors (Lipinski definition) is 1. The van der Waals surface area contributed by atoms with Crippen molar-refractivity contribution >= 4 is 37.7 Å². The first-order valence-electron chi connectivity index (χ1n) is 7.83. The van der Waals surface area contributed by atoms with Crippen molar-refractivity contribution in [3.63, 3.8) is 0 Å². The average molecular weight is 411 g/mol. The molecule has 0 spiro atoms. The van der Waals surface area contributed by atoms with Crippen LogP contribution in [0.1, 0.15) is 17.2 Å². The smallest absolute Gasteiger partial charge is 0.233 e. The van der Waals surface area contributed by atoms with Crippen molar-refractivity contribution in [3.8, 4) is 0 Å². The van der Waals surface area contributed by atoms with Crippen LogP contribution in [0, 0.1) is 11.6 Å². The van der Waals surface area contributed by atoms with Crippen molar-refractivity contribution in [1.82, 2.24) is 5.06 Å². The molecule has 27 heavy (non-hydrogen) atoms. The predicted molar refractivity (Wildman–Crippen MR) is 98.1 cm³/mol. The third-order valence-corrected chi connectivity index (χ3v) is 6.56. The van der Waals surface area contributed by atoms with Gasteiger partial charge in [-0.05, 0) is 40.6 Å². The number of nitrogens with zero attached hydrogens (tertiary/aromatic N) is 1. The Morgan fingerprint density at radius 1 is 1.15 bits per heavy atom. The molecule has 0 aliphatic carbocycles. The minimum Gasteiger partial charge on any atom is -0.285 e. The summed E-state index contributed by atoms with van der Waals surface area (Å²) in [6, 6.07) is 8.13. The first kappa shape index (κ1) is 19.4. The Hall–Kier alpha value is -2.36. The lowest BCUT2D eigenvalue weighted by atomic mass is 10.1. The fraction of sp³-hybridized carbons (Fsp3) is 0.167. The van der Waals surface area contributed by atoms with E-state index in [9.17, 15) is 27.2 Å². The van der Waals surface area contributed by atoms with Gasteiger partial charge in [-0.25, -0.2) is 22.3 Å². The zero-order chi connectivity index (χ0) is 19.6. The maximum absolute atomic E-state index is 14.1. The normalized spacial score (nSPS) is 12.9. The zero-order valence-corrected chi connectivity index (χ0v) is 15.5. The third-order valence-electron chi connectivity index (χ3n) is 4.06. The van der Waals surface area contributed by atoms with Gasteiger partial charge in [0.25, 0.3) is 0 Å². The van der Waals surface area contributed by atoms with Crippen LogP contribution in [0.15, 0.2) is 47.8 Å². The summed E-state index contributed by atoms with van der Waals surface area (Å²) in [6.45, 7) is 0. The molecule has 1 atom stereocenters. The Balaban J connectivity index is 1.88. The molecule has 1 amide bonds. The Labute approximate surface area is 158 Å². The number of amides is 1. The molecule has 1 heterocycles. The molecule has 5 nitrogen and oxygen atoms in total. The minimum absolute atomic E-state index is 0.0135. The van der Waals surface area contributed by atoms with Gasteiger partial charge in [0, 0.05) is 16.3 Å². The Kier molecular flexibility index (Phi) is 5.54. The van der Waals surface area contributed by atoms with E-state index >= 15 is 0 Å². The van der Waals surface area contributed by atoms with Gasteiger partial charge in [-0.15, -0.1) is 11.3 Å². The van der Waals surface area contributed by atoms with Gasteiger partial charge >= 0.3 is 0 Å². The largest absolute Gasteiger partial charge is 0.285 e. The molecule has 3 rings (SSSR count). The molecule has 0 aliphatic rings. The highest BCUT2D eigenvalue weighted by Gasteiger charge is 2.28. The van der Waals surface area contributed by atoms with Crippen LogP contribution in [-0.2, 0) is 20.4 Å². The number of rotatable bonds is 7. The molecule has 2 aromatic carbocycles. The van der Waals surface area contributed by atoms with E-state index in [1.807, 2.05) is 17.5 Å². The molecule has 0 saturated carbocycles. The molecule has 9 heteroatoms. The molecule has 0 saturated heterocycles. The van der Waals surface area contributed by atoms with Gasteiger partial charge in [0.15, 0.2) is 9.84 Å². The lowest BCUT2D eigenvalue weighted by Gasteiger charge is -2.23. The lowest BCUT2D eigenvalue weighted by Crippen LogP contribution is -2.31. The molecule has 3 aromatic rings. The standard InChI is InChI=1S/C18H15F2NO4S2/c19-14-2-3-15(16(20)8-14)17(21(23)11-22)10-27(24,25)9-12-1-4-18-13(7-12)5-6-26-18/h1-8,11,17,23H,9-10H2. The molecule has 0 fully saturated rings. The Morgan fingerprint density at radius 2 is 1.93 bits per heavy atom. The number of halogens is 2. The third kappa shape index (κ3) is 4.49. The first-order chi connectivity index (χ1) is 12.8. The molecule has 0 radical (unpaired) electrons. The number of carbonyl (C=O) groups is 1. The molecule has 0 aliphatic heterocycles. The van der Waals surface area contributed by atoms with Gasteiger partial charge < -0.3 is 0 Å². The number of hydrogen-bond acceptors (Lipinski definition) is 5. The number of hydroxylamine groups is 2. The van der Waals surface area contributed by atoms with Gasteiger partial charge in [-0.2, -0.15) is 0 Å². The summed E-state index contributed by atoms with van der Waals surface area (Å²) in [5, 5.41) is 12.6. The summed E-state index contributed by atoms with van der Waals surface area (Å²) in [4.78, 5) is 10.9. The van der Waals surface area contributed by atoms with Gasteiger partial charge in [0.2, 0.25) is 6.41 Å². The maximum atomic E-state index is 14.1. The highest BCUT2D eigenvalue weighted by Crippen LogP contribution is 2.27. The number of sulfone groups is 1. The first-order valence-corrected chi connectivity index (χ1v) is 10.5. The van der Waals surface area contributed by atoms with Crippen molar-refractivity contribution in [2.45, 2.75) is 11.8 Å². The monoisotopic (exact) mass is 411 g/mol. The van der Waals surface area contributed by atoms with Crippen LogP contribution in [0.2, 0.25) is 0 Å². The van der Waals surface area contributed by atoms with Crippen LogP contribution in [0.3, 0.4) is 0 Å². The van der Waals surface area contributed by atoms with E-state index < -0.39 is 33.3 Å². The molecule has 142 valence electrons. The second kappa shape index (κ2) is 7.71. The molecular weight excluding hydrogens is 396 g/mol. The second-order valence-electron chi connectivity index (χ2n) is 6.01. The van der Waals surface area contributed by atoms with Crippen molar-refractivity contribution < 1.29 is 27.2 Å². The summed E-state index contributed by atoms with van der Waals surface area (Å²) in [5.41, 5.74) is 0.248. The van der Waals surface area contributed by atoms with E-state index in [4.69, 9.17) is 0 Å².